The highest BCUT2D eigenvalue weighted by Gasteiger charge is 2.13. The second-order valence-electron chi connectivity index (χ2n) is 4.66. The van der Waals surface area contributed by atoms with Crippen LogP contribution in [0.3, 0.4) is 0 Å². The molecule has 1 heterocycles. The molecule has 0 aromatic carbocycles. The van der Waals surface area contributed by atoms with Gasteiger partial charge >= 0.3 is 12.0 Å². The van der Waals surface area contributed by atoms with E-state index >= 15 is 0 Å². The fourth-order valence-electron chi connectivity index (χ4n) is 1.83. The Bertz CT molecular complexity index is 454. The molecule has 1 aromatic heterocycles. The molecule has 0 saturated carbocycles. The lowest BCUT2D eigenvalue weighted by Gasteiger charge is -2.05. The Morgan fingerprint density at radius 1 is 1.25 bits per heavy atom. The summed E-state index contributed by atoms with van der Waals surface area (Å²) >= 11 is 0. The van der Waals surface area contributed by atoms with Crippen LogP contribution in [0.2, 0.25) is 0 Å². The fraction of sp³-hybridized carbons (Fsp3) is 0.571. The lowest BCUT2D eigenvalue weighted by Crippen LogP contribution is -2.35. The van der Waals surface area contributed by atoms with E-state index in [1.807, 2.05) is 0 Å². The molecule has 1 rings (SSSR count). The summed E-state index contributed by atoms with van der Waals surface area (Å²) < 4.78 is 5.26. The first kappa shape index (κ1) is 16.1. The number of aromatic carboxylic acids is 1. The molecule has 1 aromatic rings. The standard InChI is InChI=1S/C14H22N2O4/c1-3-4-5-6-7-15-14(19)16-9-11-8-12(13(17)18)10(2)20-11/h8H,3-7,9H2,1-2H3,(H,17,18)(H2,15,16,19). The molecule has 0 aliphatic carbocycles. The minimum atomic E-state index is -1.03. The minimum absolute atomic E-state index is 0.127. The normalized spacial score (nSPS) is 10.3. The molecular weight excluding hydrogens is 260 g/mol. The maximum atomic E-state index is 11.5. The van der Waals surface area contributed by atoms with Crippen molar-refractivity contribution < 1.29 is 19.1 Å². The largest absolute Gasteiger partial charge is 0.478 e. The minimum Gasteiger partial charge on any atom is -0.478 e. The number of carboxylic acid groups (broad SMARTS) is 1. The number of carbonyl (C=O) groups excluding carboxylic acids is 1. The first-order chi connectivity index (χ1) is 9.54. The SMILES string of the molecule is CCCCCCNC(=O)NCc1cc(C(=O)O)c(C)o1. The summed E-state index contributed by atoms with van der Waals surface area (Å²) in [5.74, 6) is -0.256. The van der Waals surface area contributed by atoms with Gasteiger partial charge in [0.25, 0.3) is 0 Å². The zero-order valence-corrected chi connectivity index (χ0v) is 12.0. The Labute approximate surface area is 118 Å². The number of amides is 2. The van der Waals surface area contributed by atoms with Crippen LogP contribution in [0.5, 0.6) is 0 Å². The Balaban J connectivity index is 2.27. The number of carbonyl (C=O) groups is 2. The number of hydrogen-bond donors (Lipinski definition) is 3. The van der Waals surface area contributed by atoms with Crippen LogP contribution in [0.25, 0.3) is 0 Å². The molecule has 20 heavy (non-hydrogen) atoms. The van der Waals surface area contributed by atoms with E-state index in [1.54, 1.807) is 6.92 Å². The van der Waals surface area contributed by atoms with Crippen molar-refractivity contribution in [2.75, 3.05) is 6.54 Å². The number of hydrogen-bond acceptors (Lipinski definition) is 3. The molecule has 0 bridgehead atoms. The number of carboxylic acids is 1. The summed E-state index contributed by atoms with van der Waals surface area (Å²) in [7, 11) is 0. The monoisotopic (exact) mass is 282 g/mol. The summed E-state index contributed by atoms with van der Waals surface area (Å²) in [6.07, 6.45) is 4.41. The third-order valence-corrected chi connectivity index (χ3v) is 2.94. The Morgan fingerprint density at radius 2 is 2.00 bits per heavy atom. The number of rotatable bonds is 8. The van der Waals surface area contributed by atoms with Gasteiger partial charge in [-0.3, -0.25) is 0 Å². The van der Waals surface area contributed by atoms with Gasteiger partial charge in [-0.15, -0.1) is 0 Å². The molecule has 0 unspecified atom stereocenters. The van der Waals surface area contributed by atoms with E-state index in [0.717, 1.165) is 19.3 Å². The number of unbranched alkanes of at least 4 members (excludes halogenated alkanes) is 3. The molecule has 0 spiro atoms. The van der Waals surface area contributed by atoms with Crippen molar-refractivity contribution in [3.05, 3.63) is 23.2 Å². The van der Waals surface area contributed by atoms with Crippen molar-refractivity contribution in [1.82, 2.24) is 10.6 Å². The van der Waals surface area contributed by atoms with Crippen LogP contribution < -0.4 is 10.6 Å². The number of furan rings is 1. The van der Waals surface area contributed by atoms with Gasteiger partial charge in [0.05, 0.1) is 6.54 Å². The first-order valence-corrected chi connectivity index (χ1v) is 6.89. The molecule has 6 heteroatoms. The quantitative estimate of drug-likeness (QED) is 0.639. The Hall–Kier alpha value is -1.98. The van der Waals surface area contributed by atoms with Crippen molar-refractivity contribution in [2.24, 2.45) is 0 Å². The summed E-state index contributed by atoms with van der Waals surface area (Å²) in [6, 6.07) is 1.16. The number of nitrogens with one attached hydrogen (secondary N) is 2. The predicted molar refractivity (Wildman–Crippen MR) is 74.8 cm³/mol. The molecule has 0 aliphatic heterocycles. The van der Waals surface area contributed by atoms with Crippen molar-refractivity contribution in [1.29, 1.82) is 0 Å². The molecule has 0 aliphatic rings. The van der Waals surface area contributed by atoms with Gasteiger partial charge in [-0.25, -0.2) is 9.59 Å². The molecule has 0 radical (unpaired) electrons. The van der Waals surface area contributed by atoms with E-state index in [2.05, 4.69) is 17.6 Å². The van der Waals surface area contributed by atoms with Crippen molar-refractivity contribution in [3.8, 4) is 0 Å². The fourth-order valence-corrected chi connectivity index (χ4v) is 1.83. The molecule has 6 nitrogen and oxygen atoms in total. The van der Waals surface area contributed by atoms with Crippen LogP contribution in [-0.2, 0) is 6.54 Å². The lowest BCUT2D eigenvalue weighted by molar-refractivity contribution is 0.0695. The van der Waals surface area contributed by atoms with Gasteiger partial charge in [0.2, 0.25) is 0 Å². The smallest absolute Gasteiger partial charge is 0.339 e. The zero-order chi connectivity index (χ0) is 15.0. The average molecular weight is 282 g/mol. The van der Waals surface area contributed by atoms with E-state index in [9.17, 15) is 9.59 Å². The van der Waals surface area contributed by atoms with Crippen LogP contribution in [0.4, 0.5) is 4.79 Å². The highest BCUT2D eigenvalue weighted by molar-refractivity contribution is 5.88. The molecule has 0 atom stereocenters. The van der Waals surface area contributed by atoms with E-state index in [-0.39, 0.29) is 18.1 Å². The molecule has 0 fully saturated rings. The van der Waals surface area contributed by atoms with E-state index in [1.165, 1.54) is 12.5 Å². The molecular formula is C14H22N2O4. The van der Waals surface area contributed by atoms with Crippen molar-refractivity contribution >= 4 is 12.0 Å². The molecule has 2 amide bonds. The highest BCUT2D eigenvalue weighted by Crippen LogP contribution is 2.14. The second kappa shape index (κ2) is 8.24. The topological polar surface area (TPSA) is 91.6 Å². The van der Waals surface area contributed by atoms with Crippen LogP contribution >= 0.6 is 0 Å². The second-order valence-corrected chi connectivity index (χ2v) is 4.66. The molecule has 3 N–H and O–H groups in total. The van der Waals surface area contributed by atoms with Crippen LogP contribution in [0.1, 0.15) is 54.5 Å². The van der Waals surface area contributed by atoms with Crippen LogP contribution in [0, 0.1) is 6.92 Å². The summed E-state index contributed by atoms with van der Waals surface area (Å²) in [4.78, 5) is 22.3. The number of urea groups is 1. The average Bonchev–Trinajstić information content (AvgIpc) is 2.77. The van der Waals surface area contributed by atoms with E-state index in [4.69, 9.17) is 9.52 Å². The van der Waals surface area contributed by atoms with Gasteiger partial charge in [-0.1, -0.05) is 26.2 Å². The predicted octanol–water partition coefficient (Wildman–Crippen LogP) is 2.67. The Kier molecular flexibility index (Phi) is 6.63. The van der Waals surface area contributed by atoms with Crippen molar-refractivity contribution in [3.63, 3.8) is 0 Å². The van der Waals surface area contributed by atoms with E-state index in [0.29, 0.717) is 18.1 Å². The lowest BCUT2D eigenvalue weighted by atomic mass is 10.2. The Morgan fingerprint density at radius 3 is 2.60 bits per heavy atom. The highest BCUT2D eigenvalue weighted by atomic mass is 16.4. The van der Waals surface area contributed by atoms with Crippen LogP contribution in [-0.4, -0.2) is 23.7 Å². The maximum Gasteiger partial charge on any atom is 0.339 e. The van der Waals surface area contributed by atoms with Gasteiger partial charge in [-0.2, -0.15) is 0 Å². The molecule has 112 valence electrons. The van der Waals surface area contributed by atoms with Crippen LogP contribution in [0.15, 0.2) is 10.5 Å². The van der Waals surface area contributed by atoms with Gasteiger partial charge < -0.3 is 20.2 Å². The number of aryl methyl sites for hydroxylation is 1. The third kappa shape index (κ3) is 5.34. The maximum absolute atomic E-state index is 11.5. The molecule has 0 saturated heterocycles. The summed E-state index contributed by atoms with van der Waals surface area (Å²) in [5.41, 5.74) is 0.127. The summed E-state index contributed by atoms with van der Waals surface area (Å²) in [6.45, 7) is 4.54. The summed E-state index contributed by atoms with van der Waals surface area (Å²) in [5, 5.41) is 14.3. The first-order valence-electron chi connectivity index (χ1n) is 6.89. The van der Waals surface area contributed by atoms with Gasteiger partial charge in [-0.05, 0) is 19.4 Å². The van der Waals surface area contributed by atoms with Gasteiger partial charge in [0.15, 0.2) is 0 Å². The van der Waals surface area contributed by atoms with E-state index < -0.39 is 5.97 Å². The zero-order valence-electron chi connectivity index (χ0n) is 12.0. The van der Waals surface area contributed by atoms with Gasteiger partial charge in [0.1, 0.15) is 17.1 Å². The van der Waals surface area contributed by atoms with Gasteiger partial charge in [0, 0.05) is 6.54 Å². The third-order valence-electron chi connectivity index (χ3n) is 2.94. The van der Waals surface area contributed by atoms with Crippen molar-refractivity contribution in [2.45, 2.75) is 46.1 Å².